The van der Waals surface area contributed by atoms with E-state index in [9.17, 15) is 0 Å². The summed E-state index contributed by atoms with van der Waals surface area (Å²) in [6.07, 6.45) is 6.20. The summed E-state index contributed by atoms with van der Waals surface area (Å²) in [7, 11) is 0. The highest BCUT2D eigenvalue weighted by molar-refractivity contribution is 5.77. The van der Waals surface area contributed by atoms with E-state index >= 15 is 0 Å². The maximum Gasteiger partial charge on any atom is 0.248 e. The van der Waals surface area contributed by atoms with Crippen LogP contribution in [0.25, 0.3) is 68.1 Å². The molecule has 6 heteroatoms. The zero-order valence-corrected chi connectivity index (χ0v) is 27.4. The van der Waals surface area contributed by atoms with E-state index in [0.717, 1.165) is 60.8 Å². The van der Waals surface area contributed by atoms with Gasteiger partial charge in [-0.05, 0) is 89.4 Å². The highest BCUT2D eigenvalue weighted by atomic mass is 16.4. The van der Waals surface area contributed by atoms with Crippen molar-refractivity contribution in [3.63, 3.8) is 0 Å². The predicted octanol–water partition coefficient (Wildman–Crippen LogP) is 11.1. The van der Waals surface area contributed by atoms with Crippen molar-refractivity contribution < 1.29 is 8.83 Å². The van der Waals surface area contributed by atoms with E-state index in [1.807, 2.05) is 36.4 Å². The molecule has 0 radical (unpaired) electrons. The lowest BCUT2D eigenvalue weighted by atomic mass is 9.92. The van der Waals surface area contributed by atoms with Crippen molar-refractivity contribution in [2.45, 2.75) is 52.4 Å². The third-order valence-electron chi connectivity index (χ3n) is 8.75. The molecule has 0 saturated carbocycles. The average molecular weight is 631 g/mol. The summed E-state index contributed by atoms with van der Waals surface area (Å²) < 4.78 is 12.7. The summed E-state index contributed by atoms with van der Waals surface area (Å²) in [5, 5.41) is 18.0. The molecule has 48 heavy (non-hydrogen) atoms. The van der Waals surface area contributed by atoms with Gasteiger partial charge in [0, 0.05) is 22.3 Å². The third-order valence-corrected chi connectivity index (χ3v) is 8.75. The Morgan fingerprint density at radius 2 is 0.771 bits per heavy atom. The summed E-state index contributed by atoms with van der Waals surface area (Å²) in [4.78, 5) is 0. The maximum atomic E-state index is 6.35. The van der Waals surface area contributed by atoms with Gasteiger partial charge in [-0.25, -0.2) is 0 Å². The topological polar surface area (TPSA) is 77.8 Å². The fraction of sp³-hybridized carbons (Fsp3) is 0.190. The SMILES string of the molecule is CCCCc1c(-c2ccccc2)cccc1-c1nnc(-c2cccc(-c3nnc(-c4cccc(-c5ccccc5)c4CCCC)o3)c2)o1. The molecule has 0 unspecified atom stereocenters. The van der Waals surface area contributed by atoms with Crippen LogP contribution in [0, 0.1) is 0 Å². The first-order valence-electron chi connectivity index (χ1n) is 16.9. The quantitative estimate of drug-likeness (QED) is 0.134. The summed E-state index contributed by atoms with van der Waals surface area (Å²) in [5.41, 5.74) is 10.7. The van der Waals surface area contributed by atoms with Crippen LogP contribution in [0.1, 0.15) is 50.7 Å². The van der Waals surface area contributed by atoms with E-state index < -0.39 is 0 Å². The third kappa shape index (κ3) is 6.47. The van der Waals surface area contributed by atoms with Crippen LogP contribution >= 0.6 is 0 Å². The fourth-order valence-electron chi connectivity index (χ4n) is 6.28. The van der Waals surface area contributed by atoms with Crippen LogP contribution in [-0.2, 0) is 12.8 Å². The molecular formula is C42H38N4O2. The first-order chi connectivity index (χ1) is 23.7. The van der Waals surface area contributed by atoms with Crippen molar-refractivity contribution in [2.75, 3.05) is 0 Å². The monoisotopic (exact) mass is 630 g/mol. The van der Waals surface area contributed by atoms with Crippen molar-refractivity contribution >= 4 is 0 Å². The highest BCUT2D eigenvalue weighted by Gasteiger charge is 2.20. The number of aromatic nitrogens is 4. The Bertz CT molecular complexity index is 1970. The number of nitrogens with zero attached hydrogens (tertiary/aromatic N) is 4. The van der Waals surface area contributed by atoms with Crippen LogP contribution < -0.4 is 0 Å². The Kier molecular flexibility index (Phi) is 9.32. The van der Waals surface area contributed by atoms with Gasteiger partial charge in [0.2, 0.25) is 23.6 Å². The van der Waals surface area contributed by atoms with E-state index in [4.69, 9.17) is 8.83 Å². The molecule has 2 aromatic heterocycles. The van der Waals surface area contributed by atoms with Crippen LogP contribution in [0.4, 0.5) is 0 Å². The van der Waals surface area contributed by atoms with Gasteiger partial charge in [-0.2, -0.15) is 0 Å². The number of hydrogen-bond acceptors (Lipinski definition) is 6. The molecule has 238 valence electrons. The minimum atomic E-state index is 0.440. The Labute approximate surface area is 281 Å². The van der Waals surface area contributed by atoms with E-state index in [0.29, 0.717) is 23.6 Å². The molecule has 5 aromatic carbocycles. The van der Waals surface area contributed by atoms with Crippen molar-refractivity contribution in [3.05, 3.63) is 132 Å². The largest absolute Gasteiger partial charge is 0.416 e. The molecule has 2 heterocycles. The van der Waals surface area contributed by atoms with Crippen molar-refractivity contribution in [1.29, 1.82) is 0 Å². The molecule has 0 aliphatic heterocycles. The first kappa shape index (κ1) is 31.0. The van der Waals surface area contributed by atoms with E-state index in [2.05, 4.69) is 119 Å². The minimum absolute atomic E-state index is 0.440. The molecule has 7 aromatic rings. The molecule has 0 amide bonds. The Balaban J connectivity index is 1.20. The van der Waals surface area contributed by atoms with Crippen molar-refractivity contribution in [2.24, 2.45) is 0 Å². The second kappa shape index (κ2) is 14.4. The minimum Gasteiger partial charge on any atom is -0.416 e. The molecule has 0 aliphatic carbocycles. The Hall–Kier alpha value is -5.62. The summed E-state index contributed by atoms with van der Waals surface area (Å²) >= 11 is 0. The van der Waals surface area contributed by atoms with Gasteiger partial charge in [0.05, 0.1) is 0 Å². The molecule has 6 nitrogen and oxygen atoms in total. The van der Waals surface area contributed by atoms with Gasteiger partial charge in [-0.15, -0.1) is 20.4 Å². The average Bonchev–Trinajstić information content (AvgIpc) is 3.85. The van der Waals surface area contributed by atoms with Gasteiger partial charge < -0.3 is 8.83 Å². The van der Waals surface area contributed by atoms with Gasteiger partial charge in [0.15, 0.2) is 0 Å². The van der Waals surface area contributed by atoms with E-state index in [-0.39, 0.29) is 0 Å². The summed E-state index contributed by atoms with van der Waals surface area (Å²) in [6, 6.07) is 41.4. The molecule has 0 saturated heterocycles. The molecule has 0 atom stereocenters. The standard InChI is InChI=1S/C42H38N4O2/c1-3-5-22-35-33(29-16-9-7-10-17-29)24-14-26-37(35)41-45-43-39(47-41)31-20-13-21-32(28-31)40-44-46-42(48-40)38-27-15-25-34(36(38)23-6-4-2)30-18-11-8-12-19-30/h7-21,24-28H,3-6,22-23H2,1-2H3. The van der Waals surface area contributed by atoms with Crippen LogP contribution in [0.5, 0.6) is 0 Å². The molecular weight excluding hydrogens is 592 g/mol. The van der Waals surface area contributed by atoms with Crippen LogP contribution in [0.15, 0.2) is 130 Å². The van der Waals surface area contributed by atoms with Gasteiger partial charge in [-0.3, -0.25) is 0 Å². The molecule has 0 fully saturated rings. The maximum absolute atomic E-state index is 6.35. The molecule has 0 spiro atoms. The van der Waals surface area contributed by atoms with Crippen LogP contribution in [-0.4, -0.2) is 20.4 Å². The summed E-state index contributed by atoms with van der Waals surface area (Å²) in [6.45, 7) is 4.42. The van der Waals surface area contributed by atoms with Crippen molar-refractivity contribution in [3.8, 4) is 68.1 Å². The highest BCUT2D eigenvalue weighted by Crippen LogP contribution is 2.37. The number of rotatable bonds is 12. The normalized spacial score (nSPS) is 11.2. The lowest BCUT2D eigenvalue weighted by Gasteiger charge is -2.13. The number of hydrogen-bond donors (Lipinski definition) is 0. The molecule has 0 bridgehead atoms. The summed E-state index contributed by atoms with van der Waals surface area (Å²) in [5.74, 6) is 1.90. The first-order valence-corrected chi connectivity index (χ1v) is 16.9. The molecule has 7 rings (SSSR count). The zero-order chi connectivity index (χ0) is 32.7. The number of unbranched alkanes of at least 4 members (excludes halogenated alkanes) is 2. The molecule has 0 aliphatic rings. The predicted molar refractivity (Wildman–Crippen MR) is 192 cm³/mol. The zero-order valence-electron chi connectivity index (χ0n) is 27.4. The molecule has 0 N–H and O–H groups in total. The Morgan fingerprint density at radius 1 is 0.396 bits per heavy atom. The van der Waals surface area contributed by atoms with Gasteiger partial charge >= 0.3 is 0 Å². The van der Waals surface area contributed by atoms with Crippen LogP contribution in [0.2, 0.25) is 0 Å². The lowest BCUT2D eigenvalue weighted by Crippen LogP contribution is -1.95. The van der Waals surface area contributed by atoms with Gasteiger partial charge in [0.1, 0.15) is 0 Å². The fourth-order valence-corrected chi connectivity index (χ4v) is 6.28. The lowest BCUT2D eigenvalue weighted by molar-refractivity contribution is 0.581. The second-order valence-electron chi connectivity index (χ2n) is 12.0. The van der Waals surface area contributed by atoms with Crippen molar-refractivity contribution in [1.82, 2.24) is 20.4 Å². The smallest absolute Gasteiger partial charge is 0.248 e. The van der Waals surface area contributed by atoms with Gasteiger partial charge in [-0.1, -0.05) is 118 Å². The number of benzene rings is 5. The van der Waals surface area contributed by atoms with Crippen LogP contribution in [0.3, 0.4) is 0 Å². The second-order valence-corrected chi connectivity index (χ2v) is 12.0. The van der Waals surface area contributed by atoms with Gasteiger partial charge in [0.25, 0.3) is 0 Å². The Morgan fingerprint density at radius 3 is 1.21 bits per heavy atom. The van der Waals surface area contributed by atoms with E-state index in [1.165, 1.54) is 33.4 Å². The van der Waals surface area contributed by atoms with E-state index in [1.54, 1.807) is 0 Å².